The third kappa shape index (κ3) is 3.08. The molecule has 0 aromatic carbocycles. The molecule has 11 heavy (non-hydrogen) atoms. The summed E-state index contributed by atoms with van der Waals surface area (Å²) >= 11 is 0. The Balaban J connectivity index is 3.93. The van der Waals surface area contributed by atoms with Crippen molar-refractivity contribution in [1.29, 1.82) is 0 Å². The molecule has 0 atom stereocenters. The van der Waals surface area contributed by atoms with Gasteiger partial charge in [-0.3, -0.25) is 0 Å². The van der Waals surface area contributed by atoms with Crippen LogP contribution in [0.4, 0.5) is 0 Å². The van der Waals surface area contributed by atoms with E-state index in [0.717, 1.165) is 18.1 Å². The molecule has 0 saturated heterocycles. The summed E-state index contributed by atoms with van der Waals surface area (Å²) in [6, 6.07) is 3.32. The Morgan fingerprint density at radius 3 is 1.91 bits per heavy atom. The average Bonchev–Trinajstić information content (AvgIpc) is 2.08. The molecular weight excluding hydrogens is 156 g/mol. The Morgan fingerprint density at radius 1 is 1.18 bits per heavy atom. The van der Waals surface area contributed by atoms with Crippen molar-refractivity contribution in [2.24, 2.45) is 0 Å². The van der Waals surface area contributed by atoms with Crippen LogP contribution in [0.15, 0.2) is 12.8 Å². The zero-order chi connectivity index (χ0) is 8.74. The molecular formula is C8H18O2Si. The lowest BCUT2D eigenvalue weighted by Crippen LogP contribution is -2.35. The van der Waals surface area contributed by atoms with Gasteiger partial charge in [0.25, 0.3) is 8.32 Å². The molecule has 0 saturated carbocycles. The first kappa shape index (κ1) is 10.7. The van der Waals surface area contributed by atoms with Gasteiger partial charge in [0.1, 0.15) is 6.26 Å². The van der Waals surface area contributed by atoms with Crippen molar-refractivity contribution < 1.29 is 9.46 Å². The highest BCUT2D eigenvalue weighted by Gasteiger charge is 2.31. The fourth-order valence-electron chi connectivity index (χ4n) is 1.06. The summed E-state index contributed by atoms with van der Waals surface area (Å²) in [4.78, 5) is 4.80. The van der Waals surface area contributed by atoms with Crippen LogP contribution in [0, 0.1) is 0 Å². The maximum absolute atomic E-state index is 5.35. The highest BCUT2D eigenvalue weighted by atomic mass is 28.4. The van der Waals surface area contributed by atoms with Crippen molar-refractivity contribution in [3.05, 3.63) is 12.8 Å². The largest absolute Gasteiger partial charge is 0.358 e. The molecule has 0 N–H and O–H groups in total. The smallest absolute Gasteiger partial charge is 0.253 e. The van der Waals surface area contributed by atoms with E-state index in [1.165, 1.54) is 6.26 Å². The molecule has 0 rings (SSSR count). The quantitative estimate of drug-likeness (QED) is 0.267. The van der Waals surface area contributed by atoms with E-state index >= 15 is 0 Å². The summed E-state index contributed by atoms with van der Waals surface area (Å²) in [5, 5.41) is 0. The van der Waals surface area contributed by atoms with Gasteiger partial charge in [0.15, 0.2) is 0 Å². The van der Waals surface area contributed by atoms with Gasteiger partial charge in [-0.2, -0.15) is 0 Å². The van der Waals surface area contributed by atoms with Gasteiger partial charge in [-0.05, 0) is 18.1 Å². The molecule has 0 radical (unpaired) electrons. The molecule has 0 heterocycles. The SMILES string of the molecule is C=COO[Si](CC)(CC)CC. The highest BCUT2D eigenvalue weighted by Crippen LogP contribution is 2.21. The molecule has 0 amide bonds. The van der Waals surface area contributed by atoms with Gasteiger partial charge >= 0.3 is 0 Å². The second kappa shape index (κ2) is 5.38. The summed E-state index contributed by atoms with van der Waals surface area (Å²) in [5.41, 5.74) is 0. The summed E-state index contributed by atoms with van der Waals surface area (Å²) < 4.78 is 5.35. The van der Waals surface area contributed by atoms with Gasteiger partial charge in [-0.25, -0.2) is 4.58 Å². The van der Waals surface area contributed by atoms with Crippen LogP contribution in [0.3, 0.4) is 0 Å². The molecule has 0 aromatic rings. The molecule has 0 aliphatic rings. The lowest BCUT2D eigenvalue weighted by Gasteiger charge is -2.24. The van der Waals surface area contributed by atoms with Crippen molar-refractivity contribution in [2.75, 3.05) is 0 Å². The van der Waals surface area contributed by atoms with Gasteiger partial charge < -0.3 is 4.89 Å². The molecule has 0 aliphatic carbocycles. The minimum atomic E-state index is -1.53. The monoisotopic (exact) mass is 174 g/mol. The first-order chi connectivity index (χ1) is 5.24. The molecule has 3 heteroatoms. The van der Waals surface area contributed by atoms with Crippen molar-refractivity contribution in [1.82, 2.24) is 0 Å². The molecule has 0 aromatic heterocycles. The van der Waals surface area contributed by atoms with Crippen LogP contribution in [0.5, 0.6) is 0 Å². The molecule has 0 bridgehead atoms. The first-order valence-electron chi connectivity index (χ1n) is 4.20. The van der Waals surface area contributed by atoms with E-state index in [1.54, 1.807) is 0 Å². The van der Waals surface area contributed by atoms with Crippen molar-refractivity contribution in [3.8, 4) is 0 Å². The van der Waals surface area contributed by atoms with Gasteiger partial charge in [-0.15, -0.1) is 0 Å². The average molecular weight is 174 g/mol. The third-order valence-corrected chi connectivity index (χ3v) is 6.54. The van der Waals surface area contributed by atoms with Crippen LogP contribution >= 0.6 is 0 Å². The second-order valence-electron chi connectivity index (χ2n) is 2.59. The third-order valence-electron chi connectivity index (χ3n) is 2.23. The van der Waals surface area contributed by atoms with Crippen molar-refractivity contribution >= 4 is 8.32 Å². The number of hydrogen-bond acceptors (Lipinski definition) is 2. The Bertz CT molecular complexity index is 102. The zero-order valence-electron chi connectivity index (χ0n) is 7.72. The molecule has 0 fully saturated rings. The summed E-state index contributed by atoms with van der Waals surface area (Å²) in [6.07, 6.45) is 1.35. The van der Waals surface area contributed by atoms with Gasteiger partial charge in [0.05, 0.1) is 0 Å². The molecule has 0 unspecified atom stereocenters. The predicted molar refractivity (Wildman–Crippen MR) is 49.6 cm³/mol. The van der Waals surface area contributed by atoms with E-state index < -0.39 is 8.32 Å². The summed E-state index contributed by atoms with van der Waals surface area (Å²) in [5.74, 6) is 0. The fraction of sp³-hybridized carbons (Fsp3) is 0.750. The highest BCUT2D eigenvalue weighted by molar-refractivity contribution is 6.73. The lowest BCUT2D eigenvalue weighted by molar-refractivity contribution is -0.163. The summed E-state index contributed by atoms with van der Waals surface area (Å²) in [6.45, 7) is 9.92. The zero-order valence-corrected chi connectivity index (χ0v) is 8.72. The molecule has 0 spiro atoms. The van der Waals surface area contributed by atoms with E-state index in [2.05, 4.69) is 27.4 Å². The molecule has 2 nitrogen and oxygen atoms in total. The van der Waals surface area contributed by atoms with Gasteiger partial charge in [0, 0.05) is 0 Å². The molecule has 66 valence electrons. The van der Waals surface area contributed by atoms with E-state index in [-0.39, 0.29) is 0 Å². The van der Waals surface area contributed by atoms with E-state index in [0.29, 0.717) is 0 Å². The Labute approximate surface area is 70.3 Å². The minimum Gasteiger partial charge on any atom is -0.358 e. The van der Waals surface area contributed by atoms with E-state index in [4.69, 9.17) is 9.46 Å². The number of rotatable bonds is 6. The van der Waals surface area contributed by atoms with E-state index in [1.807, 2.05) is 0 Å². The van der Waals surface area contributed by atoms with Crippen molar-refractivity contribution in [2.45, 2.75) is 38.9 Å². The van der Waals surface area contributed by atoms with Crippen LogP contribution in [0.1, 0.15) is 20.8 Å². The van der Waals surface area contributed by atoms with Crippen LogP contribution in [-0.4, -0.2) is 8.32 Å². The Hall–Kier alpha value is -0.283. The minimum absolute atomic E-state index is 1.10. The first-order valence-corrected chi connectivity index (χ1v) is 6.73. The summed E-state index contributed by atoms with van der Waals surface area (Å²) in [7, 11) is -1.53. The number of hydrogen-bond donors (Lipinski definition) is 0. The molecule has 0 aliphatic heterocycles. The van der Waals surface area contributed by atoms with Crippen LogP contribution < -0.4 is 0 Å². The Morgan fingerprint density at radius 2 is 1.64 bits per heavy atom. The van der Waals surface area contributed by atoms with E-state index in [9.17, 15) is 0 Å². The fourth-order valence-corrected chi connectivity index (χ4v) is 3.19. The standard InChI is InChI=1S/C8H18O2Si/c1-5-9-10-11(6-2,7-3)8-4/h5H,1,6-8H2,2-4H3. The van der Waals surface area contributed by atoms with Crippen LogP contribution in [-0.2, 0) is 9.46 Å². The maximum atomic E-state index is 5.35. The van der Waals surface area contributed by atoms with Gasteiger partial charge in [0.2, 0.25) is 0 Å². The van der Waals surface area contributed by atoms with Crippen LogP contribution in [0.2, 0.25) is 18.1 Å². The second-order valence-corrected chi connectivity index (χ2v) is 7.24. The van der Waals surface area contributed by atoms with Gasteiger partial charge in [-0.1, -0.05) is 27.4 Å². The predicted octanol–water partition coefficient (Wildman–Crippen LogP) is 3.08. The Kier molecular flexibility index (Phi) is 5.24. The van der Waals surface area contributed by atoms with Crippen LogP contribution in [0.25, 0.3) is 0 Å². The normalized spacial score (nSPS) is 11.2. The maximum Gasteiger partial charge on any atom is 0.253 e. The topological polar surface area (TPSA) is 18.5 Å². The lowest BCUT2D eigenvalue weighted by atomic mass is 10.9. The van der Waals surface area contributed by atoms with Crippen molar-refractivity contribution in [3.63, 3.8) is 0 Å².